The van der Waals surface area contributed by atoms with E-state index >= 15 is 0 Å². The summed E-state index contributed by atoms with van der Waals surface area (Å²) in [6, 6.07) is 6.49. The summed E-state index contributed by atoms with van der Waals surface area (Å²) in [5.74, 6) is -0.935. The number of ether oxygens (including phenoxy) is 2. The molecule has 0 heterocycles. The Hall–Kier alpha value is -2.12. The lowest BCUT2D eigenvalue weighted by Gasteiger charge is -2.13. The number of hydrogen-bond donors (Lipinski definition) is 3. The first-order valence-electron chi connectivity index (χ1n) is 6.02. The molecule has 1 rings (SSSR count). The maximum Gasteiger partial charge on any atom is 0.341 e. The summed E-state index contributed by atoms with van der Waals surface area (Å²) >= 11 is 0. The van der Waals surface area contributed by atoms with Gasteiger partial charge < -0.3 is 25.6 Å². The molecule has 0 radical (unpaired) electrons. The molecular weight excluding hydrogens is 264 g/mol. The maximum absolute atomic E-state index is 11.7. The van der Waals surface area contributed by atoms with Crippen molar-refractivity contribution in [1.29, 1.82) is 0 Å². The lowest BCUT2D eigenvalue weighted by Crippen LogP contribution is -2.28. The number of carbonyl (C=O) groups is 2. The number of nitrogens with one attached hydrogen (secondary N) is 1. The van der Waals surface area contributed by atoms with E-state index in [-0.39, 0.29) is 25.0 Å². The van der Waals surface area contributed by atoms with Crippen molar-refractivity contribution in [3.05, 3.63) is 24.3 Å². The van der Waals surface area contributed by atoms with E-state index in [1.54, 1.807) is 24.3 Å². The average Bonchev–Trinajstić information content (AvgIpc) is 2.43. The van der Waals surface area contributed by atoms with Crippen molar-refractivity contribution in [1.82, 2.24) is 0 Å². The highest BCUT2D eigenvalue weighted by Gasteiger charge is 2.11. The molecule has 0 aliphatic rings. The summed E-state index contributed by atoms with van der Waals surface area (Å²) in [6.07, 6.45) is -0.186. The lowest BCUT2D eigenvalue weighted by molar-refractivity contribution is -0.139. The second kappa shape index (κ2) is 8.13. The first kappa shape index (κ1) is 15.9. The molecule has 0 saturated carbocycles. The molecule has 0 aromatic heterocycles. The molecule has 7 heteroatoms. The van der Waals surface area contributed by atoms with Crippen molar-refractivity contribution in [2.75, 3.05) is 25.6 Å². The van der Waals surface area contributed by atoms with Gasteiger partial charge in [-0.05, 0) is 12.1 Å². The molecule has 4 N–H and O–H groups in total. The number of aliphatic carboxylic acids is 1. The standard InChI is InChI=1S/C13H18N2O5/c1-19-11(7-14)6-12(16)15-9-3-2-4-10(5-9)20-8-13(17)18/h2-5,11H,6-8,14H2,1H3,(H,15,16)(H,17,18). The third kappa shape index (κ3) is 5.68. The predicted molar refractivity (Wildman–Crippen MR) is 72.7 cm³/mol. The van der Waals surface area contributed by atoms with Crippen molar-refractivity contribution in [2.24, 2.45) is 5.73 Å². The van der Waals surface area contributed by atoms with Crippen LogP contribution in [0.1, 0.15) is 6.42 Å². The number of benzene rings is 1. The van der Waals surface area contributed by atoms with Gasteiger partial charge in [-0.1, -0.05) is 6.07 Å². The molecule has 0 spiro atoms. The van der Waals surface area contributed by atoms with Gasteiger partial charge in [-0.2, -0.15) is 0 Å². The van der Waals surface area contributed by atoms with Crippen LogP contribution in [0.25, 0.3) is 0 Å². The number of rotatable bonds is 8. The van der Waals surface area contributed by atoms with Crippen LogP contribution >= 0.6 is 0 Å². The number of anilines is 1. The minimum absolute atomic E-state index is 0.146. The summed E-state index contributed by atoms with van der Waals surface area (Å²) in [7, 11) is 1.49. The van der Waals surface area contributed by atoms with E-state index in [2.05, 4.69) is 5.32 Å². The highest BCUT2D eigenvalue weighted by Crippen LogP contribution is 2.17. The second-order valence-corrected chi connectivity index (χ2v) is 4.06. The fourth-order valence-electron chi connectivity index (χ4n) is 1.49. The Morgan fingerprint density at radius 1 is 1.45 bits per heavy atom. The molecular formula is C13H18N2O5. The van der Waals surface area contributed by atoms with E-state index in [9.17, 15) is 9.59 Å². The Kier molecular flexibility index (Phi) is 6.48. The SMILES string of the molecule is COC(CN)CC(=O)Nc1cccc(OCC(=O)O)c1. The van der Waals surface area contributed by atoms with Crippen molar-refractivity contribution in [2.45, 2.75) is 12.5 Å². The Bertz CT molecular complexity index is 460. The third-order valence-corrected chi connectivity index (χ3v) is 2.49. The van der Waals surface area contributed by atoms with Crippen molar-refractivity contribution < 1.29 is 24.2 Å². The van der Waals surface area contributed by atoms with Crippen LogP contribution in [-0.4, -0.2) is 43.3 Å². The zero-order chi connectivity index (χ0) is 15.0. The Balaban J connectivity index is 2.56. The van der Waals surface area contributed by atoms with E-state index in [0.717, 1.165) is 0 Å². The molecule has 0 fully saturated rings. The van der Waals surface area contributed by atoms with Gasteiger partial charge >= 0.3 is 5.97 Å². The van der Waals surface area contributed by atoms with Gasteiger partial charge in [0.25, 0.3) is 0 Å². The van der Waals surface area contributed by atoms with Gasteiger partial charge in [-0.3, -0.25) is 4.79 Å². The minimum atomic E-state index is -1.06. The van der Waals surface area contributed by atoms with Gasteiger partial charge in [-0.25, -0.2) is 4.79 Å². The molecule has 1 aromatic rings. The van der Waals surface area contributed by atoms with E-state index in [1.165, 1.54) is 7.11 Å². The summed E-state index contributed by atoms with van der Waals surface area (Å²) in [5.41, 5.74) is 5.95. The predicted octanol–water partition coefficient (Wildman–Crippen LogP) is 0.452. The molecule has 1 aromatic carbocycles. The monoisotopic (exact) mass is 282 g/mol. The quantitative estimate of drug-likeness (QED) is 0.638. The van der Waals surface area contributed by atoms with Crippen molar-refractivity contribution >= 4 is 17.6 Å². The lowest BCUT2D eigenvalue weighted by atomic mass is 10.2. The Labute approximate surface area is 116 Å². The molecule has 1 amide bonds. The van der Waals surface area contributed by atoms with Gasteiger partial charge in [0, 0.05) is 25.4 Å². The number of carbonyl (C=O) groups excluding carboxylic acids is 1. The van der Waals surface area contributed by atoms with Crippen molar-refractivity contribution in [3.8, 4) is 5.75 Å². The number of amides is 1. The van der Waals surface area contributed by atoms with E-state index < -0.39 is 12.6 Å². The molecule has 0 aliphatic carbocycles. The van der Waals surface area contributed by atoms with E-state index in [0.29, 0.717) is 11.4 Å². The van der Waals surface area contributed by atoms with Crippen LogP contribution < -0.4 is 15.8 Å². The molecule has 0 saturated heterocycles. The molecule has 20 heavy (non-hydrogen) atoms. The first-order valence-corrected chi connectivity index (χ1v) is 6.02. The minimum Gasteiger partial charge on any atom is -0.482 e. The molecule has 7 nitrogen and oxygen atoms in total. The van der Waals surface area contributed by atoms with Crippen LogP contribution in [0.3, 0.4) is 0 Å². The molecule has 0 aliphatic heterocycles. The van der Waals surface area contributed by atoms with Gasteiger partial charge in [0.2, 0.25) is 5.91 Å². The third-order valence-electron chi connectivity index (χ3n) is 2.49. The molecule has 1 atom stereocenters. The number of carboxylic acid groups (broad SMARTS) is 1. The normalized spacial score (nSPS) is 11.7. The number of carboxylic acids is 1. The number of methoxy groups -OCH3 is 1. The summed E-state index contributed by atoms with van der Waals surface area (Å²) in [4.78, 5) is 22.1. The van der Waals surface area contributed by atoms with Crippen LogP contribution in [0.5, 0.6) is 5.75 Å². The zero-order valence-electron chi connectivity index (χ0n) is 11.2. The zero-order valence-corrected chi connectivity index (χ0v) is 11.2. The fraction of sp³-hybridized carbons (Fsp3) is 0.385. The first-order chi connectivity index (χ1) is 9.55. The van der Waals surface area contributed by atoms with Crippen LogP contribution in [0.15, 0.2) is 24.3 Å². The van der Waals surface area contributed by atoms with E-state index in [1.807, 2.05) is 0 Å². The highest BCUT2D eigenvalue weighted by atomic mass is 16.5. The highest BCUT2D eigenvalue weighted by molar-refractivity contribution is 5.91. The van der Waals surface area contributed by atoms with E-state index in [4.69, 9.17) is 20.3 Å². The summed E-state index contributed by atoms with van der Waals surface area (Å²) in [5, 5.41) is 11.2. The van der Waals surface area contributed by atoms with Crippen LogP contribution in [0.2, 0.25) is 0 Å². The maximum atomic E-state index is 11.7. The summed E-state index contributed by atoms with van der Waals surface area (Å²) in [6.45, 7) is -0.179. The largest absolute Gasteiger partial charge is 0.482 e. The molecule has 110 valence electrons. The molecule has 0 bridgehead atoms. The van der Waals surface area contributed by atoms with Gasteiger partial charge in [-0.15, -0.1) is 0 Å². The summed E-state index contributed by atoms with van der Waals surface area (Å²) < 4.78 is 10.0. The Morgan fingerprint density at radius 3 is 2.80 bits per heavy atom. The van der Waals surface area contributed by atoms with Crippen molar-refractivity contribution in [3.63, 3.8) is 0 Å². The smallest absolute Gasteiger partial charge is 0.341 e. The number of hydrogen-bond acceptors (Lipinski definition) is 5. The Morgan fingerprint density at radius 2 is 2.20 bits per heavy atom. The van der Waals surface area contributed by atoms with Gasteiger partial charge in [0.1, 0.15) is 5.75 Å². The topological polar surface area (TPSA) is 111 Å². The second-order valence-electron chi connectivity index (χ2n) is 4.06. The van der Waals surface area contributed by atoms with Crippen LogP contribution in [0.4, 0.5) is 5.69 Å². The van der Waals surface area contributed by atoms with Gasteiger partial charge in [0.15, 0.2) is 6.61 Å². The molecule has 1 unspecified atom stereocenters. The van der Waals surface area contributed by atoms with Crippen LogP contribution in [0, 0.1) is 0 Å². The average molecular weight is 282 g/mol. The number of nitrogens with two attached hydrogens (primary N) is 1. The fourth-order valence-corrected chi connectivity index (χ4v) is 1.49. The van der Waals surface area contributed by atoms with Gasteiger partial charge in [0.05, 0.1) is 12.5 Å². The van der Waals surface area contributed by atoms with Crippen LogP contribution in [-0.2, 0) is 14.3 Å².